The van der Waals surface area contributed by atoms with Gasteiger partial charge < -0.3 is 24.9 Å². The third kappa shape index (κ3) is 8.09. The summed E-state index contributed by atoms with van der Waals surface area (Å²) < 4.78 is 5.40. The monoisotopic (exact) mass is 531 g/mol. The third-order valence-corrected chi connectivity index (χ3v) is 6.08. The Hall–Kier alpha value is -1.29. The normalized spacial score (nSPS) is 19.2. The zero-order valence-corrected chi connectivity index (χ0v) is 20.8. The van der Waals surface area contributed by atoms with Crippen molar-refractivity contribution >= 4 is 35.8 Å². The number of guanidine groups is 1. The molecule has 2 heterocycles. The van der Waals surface area contributed by atoms with Gasteiger partial charge in [0, 0.05) is 52.2 Å². The summed E-state index contributed by atoms with van der Waals surface area (Å²) in [6, 6.07) is 5.07. The minimum atomic E-state index is 0. The number of likely N-dealkylation sites (tertiary alicyclic amines) is 1. The highest BCUT2D eigenvalue weighted by molar-refractivity contribution is 14.0. The van der Waals surface area contributed by atoms with E-state index in [0.29, 0.717) is 6.04 Å². The fourth-order valence-corrected chi connectivity index (χ4v) is 4.25. The van der Waals surface area contributed by atoms with Crippen LogP contribution in [0, 0.1) is 0 Å². The highest BCUT2D eigenvalue weighted by Gasteiger charge is 2.26. The summed E-state index contributed by atoms with van der Waals surface area (Å²) in [7, 11) is 3.52. The fraction of sp³-hybridized carbons (Fsp3) is 0.727. The van der Waals surface area contributed by atoms with Crippen LogP contribution in [0.5, 0.6) is 0 Å². The number of hydrogen-bond acceptors (Lipinski definition) is 4. The molecule has 1 aliphatic carbocycles. The van der Waals surface area contributed by atoms with E-state index in [1.807, 2.05) is 12.1 Å². The average Bonchev–Trinajstić information content (AvgIpc) is 3.26. The van der Waals surface area contributed by atoms with E-state index in [1.165, 1.54) is 32.1 Å². The van der Waals surface area contributed by atoms with Crippen LogP contribution in [-0.2, 0) is 11.2 Å². The van der Waals surface area contributed by atoms with Crippen LogP contribution in [0.4, 0.5) is 0 Å². The number of likely N-dealkylation sites (N-methyl/N-ethyl adjacent to an activating group) is 1. The van der Waals surface area contributed by atoms with Crippen molar-refractivity contribution in [1.82, 2.24) is 20.4 Å². The molecule has 0 unspecified atom stereocenters. The van der Waals surface area contributed by atoms with Crippen molar-refractivity contribution in [3.63, 3.8) is 0 Å². The van der Waals surface area contributed by atoms with Crippen molar-refractivity contribution in [2.75, 3.05) is 40.3 Å². The van der Waals surface area contributed by atoms with Gasteiger partial charge in [0.2, 0.25) is 5.91 Å². The topological polar surface area (TPSA) is 73.1 Å². The Morgan fingerprint density at radius 3 is 2.57 bits per heavy atom. The number of amides is 1. The molecule has 3 rings (SSSR count). The molecule has 0 radical (unpaired) electrons. The summed E-state index contributed by atoms with van der Waals surface area (Å²) in [6.07, 6.45) is 11.6. The van der Waals surface area contributed by atoms with E-state index in [4.69, 9.17) is 4.42 Å². The predicted octanol–water partition coefficient (Wildman–Crippen LogP) is 2.86. The number of halogens is 1. The molecular weight excluding hydrogens is 493 g/mol. The number of nitrogens with zero attached hydrogens (tertiary/aromatic N) is 3. The first-order chi connectivity index (χ1) is 14.1. The van der Waals surface area contributed by atoms with Gasteiger partial charge in [-0.25, -0.2) is 4.99 Å². The maximum atomic E-state index is 12.0. The lowest BCUT2D eigenvalue weighted by atomic mass is 9.92. The molecule has 2 N–H and O–H groups in total. The van der Waals surface area contributed by atoms with Crippen molar-refractivity contribution in [1.29, 1.82) is 0 Å². The highest BCUT2D eigenvalue weighted by Crippen LogP contribution is 2.25. The van der Waals surface area contributed by atoms with E-state index in [2.05, 4.69) is 20.5 Å². The van der Waals surface area contributed by atoms with Crippen LogP contribution >= 0.6 is 24.0 Å². The molecule has 1 aromatic heterocycles. The zero-order chi connectivity index (χ0) is 20.5. The number of nitrogens with one attached hydrogen (secondary N) is 2. The molecular formula is C22H38IN5O2. The van der Waals surface area contributed by atoms with Gasteiger partial charge >= 0.3 is 0 Å². The van der Waals surface area contributed by atoms with Crippen molar-refractivity contribution in [2.24, 2.45) is 4.99 Å². The molecule has 2 fully saturated rings. The fourth-order valence-electron chi connectivity index (χ4n) is 4.25. The van der Waals surface area contributed by atoms with E-state index in [0.717, 1.165) is 56.7 Å². The summed E-state index contributed by atoms with van der Waals surface area (Å²) in [5, 5.41) is 6.93. The van der Waals surface area contributed by atoms with Gasteiger partial charge in [0.1, 0.15) is 12.3 Å². The van der Waals surface area contributed by atoms with Crippen LogP contribution in [0.3, 0.4) is 0 Å². The van der Waals surface area contributed by atoms with Crippen molar-refractivity contribution in [3.05, 3.63) is 24.2 Å². The zero-order valence-electron chi connectivity index (χ0n) is 18.4. The van der Waals surface area contributed by atoms with Crippen LogP contribution < -0.4 is 10.6 Å². The Morgan fingerprint density at radius 2 is 1.93 bits per heavy atom. The Morgan fingerprint density at radius 1 is 1.20 bits per heavy atom. The second-order valence-corrected chi connectivity index (χ2v) is 8.46. The van der Waals surface area contributed by atoms with Gasteiger partial charge in [-0.05, 0) is 37.8 Å². The number of rotatable bonds is 7. The van der Waals surface area contributed by atoms with Gasteiger partial charge in [0.25, 0.3) is 0 Å². The quantitative estimate of drug-likeness (QED) is 0.322. The Bertz CT molecular complexity index is 636. The maximum Gasteiger partial charge on any atom is 0.243 e. The third-order valence-electron chi connectivity index (χ3n) is 6.08. The maximum absolute atomic E-state index is 12.0. The molecule has 0 atom stereocenters. The van der Waals surface area contributed by atoms with E-state index in [-0.39, 0.29) is 36.4 Å². The van der Waals surface area contributed by atoms with Crippen molar-refractivity contribution < 1.29 is 9.21 Å². The van der Waals surface area contributed by atoms with Gasteiger partial charge in [-0.3, -0.25) is 4.79 Å². The number of carbonyl (C=O) groups is 1. The first kappa shape index (κ1) is 25.0. The molecule has 1 saturated heterocycles. The molecule has 0 spiro atoms. The Balaban J connectivity index is 0.00000320. The summed E-state index contributed by atoms with van der Waals surface area (Å²) >= 11 is 0. The van der Waals surface area contributed by atoms with Crippen LogP contribution in [0.15, 0.2) is 27.8 Å². The molecule has 1 aromatic rings. The predicted molar refractivity (Wildman–Crippen MR) is 131 cm³/mol. The summed E-state index contributed by atoms with van der Waals surface area (Å²) in [5.74, 6) is 1.68. The molecule has 0 bridgehead atoms. The lowest BCUT2D eigenvalue weighted by Crippen LogP contribution is -2.51. The van der Waals surface area contributed by atoms with E-state index < -0.39 is 0 Å². The first-order valence-corrected chi connectivity index (χ1v) is 11.1. The molecule has 30 heavy (non-hydrogen) atoms. The van der Waals surface area contributed by atoms with E-state index >= 15 is 0 Å². The van der Waals surface area contributed by atoms with Gasteiger partial charge in [-0.15, -0.1) is 24.0 Å². The average molecular weight is 531 g/mol. The second-order valence-electron chi connectivity index (χ2n) is 8.46. The minimum absolute atomic E-state index is 0. The van der Waals surface area contributed by atoms with Gasteiger partial charge in [-0.2, -0.15) is 0 Å². The van der Waals surface area contributed by atoms with E-state index in [1.54, 1.807) is 25.3 Å². The van der Waals surface area contributed by atoms with E-state index in [9.17, 15) is 4.79 Å². The number of carbonyl (C=O) groups excluding carboxylic acids is 1. The summed E-state index contributed by atoms with van der Waals surface area (Å²) in [5.41, 5.74) is 0. The van der Waals surface area contributed by atoms with Crippen LogP contribution in [0.2, 0.25) is 0 Å². The molecule has 170 valence electrons. The molecule has 1 amide bonds. The first-order valence-electron chi connectivity index (χ1n) is 11.1. The standard InChI is InChI=1S/C22H37N5O2.HI/c1-26(2)21(28)17-24-22(23-13-10-20-9-6-16-29-20)25-18-11-14-27(15-12-18)19-7-4-3-5-8-19;/h6,9,16,18-19H,3-5,7-8,10-15,17H2,1-2H3,(H2,23,24,25);1H. The molecule has 1 aliphatic heterocycles. The van der Waals surface area contributed by atoms with Crippen LogP contribution in [-0.4, -0.2) is 74.0 Å². The van der Waals surface area contributed by atoms with Crippen LogP contribution in [0.1, 0.15) is 50.7 Å². The number of piperidine rings is 1. The van der Waals surface area contributed by atoms with Crippen LogP contribution in [0.25, 0.3) is 0 Å². The van der Waals surface area contributed by atoms with Gasteiger partial charge in [-0.1, -0.05) is 19.3 Å². The second kappa shape index (κ2) is 13.2. The molecule has 8 heteroatoms. The number of hydrogen-bond donors (Lipinski definition) is 2. The minimum Gasteiger partial charge on any atom is -0.469 e. The Kier molecular flexibility index (Phi) is 11.0. The molecule has 1 saturated carbocycles. The van der Waals surface area contributed by atoms with Crippen molar-refractivity contribution in [2.45, 2.75) is 63.5 Å². The smallest absolute Gasteiger partial charge is 0.243 e. The van der Waals surface area contributed by atoms with Gasteiger partial charge in [0.15, 0.2) is 5.96 Å². The molecule has 7 nitrogen and oxygen atoms in total. The molecule has 0 aromatic carbocycles. The summed E-state index contributed by atoms with van der Waals surface area (Å²) in [4.78, 5) is 20.7. The SMILES string of the molecule is CN(C)C(=O)CN=C(NCCc1ccco1)NC1CCN(C2CCCCC2)CC1.I. The number of furan rings is 1. The Labute approximate surface area is 198 Å². The largest absolute Gasteiger partial charge is 0.469 e. The lowest BCUT2D eigenvalue weighted by Gasteiger charge is -2.39. The van der Waals surface area contributed by atoms with Gasteiger partial charge in [0.05, 0.1) is 6.26 Å². The molecule has 2 aliphatic rings. The highest BCUT2D eigenvalue weighted by atomic mass is 127. The number of aliphatic imine (C=N–C) groups is 1. The van der Waals surface area contributed by atoms with Crippen molar-refractivity contribution in [3.8, 4) is 0 Å². The summed E-state index contributed by atoms with van der Waals surface area (Å²) in [6.45, 7) is 3.18. The lowest BCUT2D eigenvalue weighted by molar-refractivity contribution is -0.127.